The van der Waals surface area contributed by atoms with Gasteiger partial charge in [0.1, 0.15) is 11.6 Å². The van der Waals surface area contributed by atoms with Crippen molar-refractivity contribution in [1.82, 2.24) is 0 Å². The van der Waals surface area contributed by atoms with Gasteiger partial charge in [-0.2, -0.15) is 0 Å². The molecule has 0 aliphatic heterocycles. The predicted octanol–water partition coefficient (Wildman–Crippen LogP) is 6.17. The molecular weight excluding hydrogens is 406 g/mol. The second kappa shape index (κ2) is 8.60. The minimum absolute atomic E-state index is 0.153. The van der Waals surface area contributed by atoms with Crippen LogP contribution in [0.2, 0.25) is 0 Å². The summed E-state index contributed by atoms with van der Waals surface area (Å²) in [4.78, 5) is 12.0. The molecule has 0 aromatic heterocycles. The van der Waals surface area contributed by atoms with Crippen LogP contribution < -0.4 is 0 Å². The number of hydrogen-bond acceptors (Lipinski definition) is 2. The fourth-order valence-electron chi connectivity index (χ4n) is 6.94. The molecule has 1 aromatic rings. The van der Waals surface area contributed by atoms with Gasteiger partial charge in [-0.05, 0) is 105 Å². The lowest BCUT2D eigenvalue weighted by Gasteiger charge is -2.52. The number of aryl methyl sites for hydroxylation is 1. The van der Waals surface area contributed by atoms with Crippen molar-refractivity contribution in [3.05, 3.63) is 57.7 Å². The number of carbonyl (C=O) groups excluding carboxylic acids is 1. The van der Waals surface area contributed by atoms with Gasteiger partial charge in [0, 0.05) is 17.9 Å². The molecule has 0 heterocycles. The second-order valence-corrected chi connectivity index (χ2v) is 10.1. The maximum atomic E-state index is 15.1. The molecular formula is C28H32F2O2. The van der Waals surface area contributed by atoms with E-state index in [1.165, 1.54) is 17.7 Å². The number of benzene rings is 1. The summed E-state index contributed by atoms with van der Waals surface area (Å²) in [6.45, 7) is 5.47. The Bertz CT molecular complexity index is 1020. The fourth-order valence-corrected chi connectivity index (χ4v) is 6.94. The zero-order valence-electron chi connectivity index (χ0n) is 19.2. The van der Waals surface area contributed by atoms with Gasteiger partial charge in [-0.15, -0.1) is 12.3 Å². The van der Waals surface area contributed by atoms with Crippen molar-refractivity contribution >= 4 is 5.78 Å². The van der Waals surface area contributed by atoms with Crippen molar-refractivity contribution in [2.45, 2.75) is 77.7 Å². The zero-order chi connectivity index (χ0) is 23.2. The molecule has 4 heteroatoms. The van der Waals surface area contributed by atoms with Crippen LogP contribution in [0.3, 0.4) is 0 Å². The molecule has 5 atom stereocenters. The van der Waals surface area contributed by atoms with Crippen molar-refractivity contribution in [2.75, 3.05) is 0 Å². The summed E-state index contributed by atoms with van der Waals surface area (Å²) in [5.74, 6) is 1.63. The van der Waals surface area contributed by atoms with Gasteiger partial charge in [-0.3, -0.25) is 4.79 Å². The van der Waals surface area contributed by atoms with E-state index < -0.39 is 17.7 Å². The summed E-state index contributed by atoms with van der Waals surface area (Å²) < 4.78 is 30.2. The normalized spacial score (nSPS) is 33.3. The highest BCUT2D eigenvalue weighted by molar-refractivity contribution is 5.93. The van der Waals surface area contributed by atoms with Crippen molar-refractivity contribution in [3.63, 3.8) is 0 Å². The monoisotopic (exact) mass is 438 g/mol. The third kappa shape index (κ3) is 3.65. The molecule has 170 valence electrons. The zero-order valence-corrected chi connectivity index (χ0v) is 19.2. The third-order valence-electron chi connectivity index (χ3n) is 8.25. The van der Waals surface area contributed by atoms with E-state index >= 15 is 8.78 Å². The van der Waals surface area contributed by atoms with Crippen LogP contribution in [0.1, 0.15) is 75.8 Å². The summed E-state index contributed by atoms with van der Waals surface area (Å²) in [5.41, 5.74) is 3.82. The summed E-state index contributed by atoms with van der Waals surface area (Å²) >= 11 is 0. The van der Waals surface area contributed by atoms with E-state index in [-0.39, 0.29) is 28.6 Å². The van der Waals surface area contributed by atoms with E-state index in [0.717, 1.165) is 36.8 Å². The molecule has 2 saturated carbocycles. The Morgan fingerprint density at radius 1 is 1.12 bits per heavy atom. The number of rotatable bonds is 1. The molecule has 0 saturated heterocycles. The van der Waals surface area contributed by atoms with E-state index in [2.05, 4.69) is 19.3 Å². The number of aliphatic hydroxyl groups is 1. The molecule has 32 heavy (non-hydrogen) atoms. The summed E-state index contributed by atoms with van der Waals surface area (Å²) in [6.07, 6.45) is 11.1. The Labute approximate surface area is 189 Å². The number of allylic oxidation sites excluding steroid dienone is 4. The smallest absolute Gasteiger partial charge is 0.156 e. The Morgan fingerprint density at radius 2 is 1.78 bits per heavy atom. The lowest BCUT2D eigenvalue weighted by Crippen LogP contribution is -2.45. The molecule has 0 radical (unpaired) electrons. The standard InChI is InChI=1S/C25H28F2O2.C3H4/c1-13-9-20(26)24(21(27)10-13)18-12-25(2)19(7-8-22(25)29)17-5-3-14-11-15(28)4-6-16(14)23(17)18;1-3-2/h9-11,17-19,22,29H,3-8,12H2,1-2H3;1H,2H3. The molecule has 1 N–H and O–H groups in total. The first-order chi connectivity index (χ1) is 15.2. The largest absolute Gasteiger partial charge is 0.393 e. The lowest BCUT2D eigenvalue weighted by atomic mass is 9.53. The van der Waals surface area contributed by atoms with Crippen molar-refractivity contribution in [2.24, 2.45) is 17.3 Å². The predicted molar refractivity (Wildman–Crippen MR) is 122 cm³/mol. The fraction of sp³-hybridized carbons (Fsp3) is 0.536. The summed E-state index contributed by atoms with van der Waals surface area (Å²) in [5, 5.41) is 10.8. The van der Waals surface area contributed by atoms with Crippen LogP contribution in [0.5, 0.6) is 0 Å². The average Bonchev–Trinajstić information content (AvgIpc) is 3.01. The number of carbonyl (C=O) groups is 1. The molecule has 1 aromatic carbocycles. The molecule has 2 fully saturated rings. The number of hydrogen-bond donors (Lipinski definition) is 1. The number of terminal acetylenes is 1. The minimum Gasteiger partial charge on any atom is -0.393 e. The van der Waals surface area contributed by atoms with Crippen LogP contribution >= 0.6 is 0 Å². The van der Waals surface area contributed by atoms with Crippen LogP contribution in [0.25, 0.3) is 0 Å². The lowest BCUT2D eigenvalue weighted by molar-refractivity contribution is -0.114. The second-order valence-electron chi connectivity index (χ2n) is 10.1. The van der Waals surface area contributed by atoms with Crippen LogP contribution in [0, 0.1) is 48.2 Å². The maximum absolute atomic E-state index is 15.1. The topological polar surface area (TPSA) is 37.3 Å². The summed E-state index contributed by atoms with van der Waals surface area (Å²) in [7, 11) is 0. The van der Waals surface area contributed by atoms with Gasteiger partial charge >= 0.3 is 0 Å². The van der Waals surface area contributed by atoms with Gasteiger partial charge in [0.25, 0.3) is 0 Å². The quantitative estimate of drug-likeness (QED) is 0.532. The Hall–Kier alpha value is -2.25. The van der Waals surface area contributed by atoms with E-state index in [4.69, 9.17) is 0 Å². The highest BCUT2D eigenvalue weighted by Crippen LogP contribution is 2.64. The van der Waals surface area contributed by atoms with E-state index in [1.807, 2.05) is 0 Å². The molecule has 0 spiro atoms. The number of halogens is 2. The van der Waals surface area contributed by atoms with Gasteiger partial charge < -0.3 is 5.11 Å². The molecule has 0 bridgehead atoms. The van der Waals surface area contributed by atoms with Crippen LogP contribution in [-0.4, -0.2) is 17.0 Å². The number of ketones is 1. The molecule has 0 amide bonds. The first-order valence-electron chi connectivity index (χ1n) is 11.7. The highest BCUT2D eigenvalue weighted by atomic mass is 19.1. The minimum atomic E-state index is -0.489. The maximum Gasteiger partial charge on any atom is 0.156 e. The number of fused-ring (bicyclic) bond motifs is 4. The van der Waals surface area contributed by atoms with Gasteiger partial charge in [0.2, 0.25) is 0 Å². The summed E-state index contributed by atoms with van der Waals surface area (Å²) in [6, 6.07) is 2.84. The van der Waals surface area contributed by atoms with Gasteiger partial charge in [0.05, 0.1) is 6.10 Å². The van der Waals surface area contributed by atoms with Crippen molar-refractivity contribution in [1.29, 1.82) is 0 Å². The van der Waals surface area contributed by atoms with Gasteiger partial charge in [0.15, 0.2) is 5.78 Å². The van der Waals surface area contributed by atoms with E-state index in [9.17, 15) is 9.90 Å². The molecule has 5 rings (SSSR count). The van der Waals surface area contributed by atoms with Crippen LogP contribution in [-0.2, 0) is 4.79 Å². The first kappa shape index (κ1) is 22.9. The molecule has 4 aliphatic rings. The van der Waals surface area contributed by atoms with Crippen LogP contribution in [0.4, 0.5) is 8.78 Å². The first-order valence-corrected chi connectivity index (χ1v) is 11.7. The SMILES string of the molecule is C#CC.Cc1cc(F)c(C2CC3(C)C(O)CCC3C3CCC4=CC(=O)CCC4=C23)c(F)c1. The van der Waals surface area contributed by atoms with E-state index in [1.54, 1.807) is 19.9 Å². The molecule has 2 nitrogen and oxygen atoms in total. The molecule has 4 aliphatic carbocycles. The third-order valence-corrected chi connectivity index (χ3v) is 8.25. The average molecular weight is 439 g/mol. The molecule has 5 unspecified atom stereocenters. The Balaban J connectivity index is 0.000000775. The van der Waals surface area contributed by atoms with Crippen LogP contribution in [0.15, 0.2) is 34.9 Å². The number of aliphatic hydroxyl groups excluding tert-OH is 1. The van der Waals surface area contributed by atoms with Crippen molar-refractivity contribution < 1.29 is 18.7 Å². The van der Waals surface area contributed by atoms with Gasteiger partial charge in [-0.1, -0.05) is 12.5 Å². The van der Waals surface area contributed by atoms with Crippen molar-refractivity contribution in [3.8, 4) is 12.3 Å². The highest BCUT2D eigenvalue weighted by Gasteiger charge is 2.56. The van der Waals surface area contributed by atoms with E-state index in [0.29, 0.717) is 30.7 Å². The van der Waals surface area contributed by atoms with Gasteiger partial charge in [-0.25, -0.2) is 8.78 Å². The Kier molecular flexibility index (Phi) is 6.16. The Morgan fingerprint density at radius 3 is 2.44 bits per heavy atom.